The number of nitrogens with zero attached hydrogens (tertiary/aromatic N) is 4. The van der Waals surface area contributed by atoms with Crippen LogP contribution in [0.1, 0.15) is 59.4 Å². The number of fused-ring (bicyclic) bond motifs is 2. The molecule has 3 aliphatic heterocycles. The third-order valence-electron chi connectivity index (χ3n) is 6.93. The number of hydrogen-bond acceptors (Lipinski definition) is 6. The Morgan fingerprint density at radius 1 is 1.00 bits per heavy atom. The van der Waals surface area contributed by atoms with Gasteiger partial charge in [0.2, 0.25) is 18.6 Å². The summed E-state index contributed by atoms with van der Waals surface area (Å²) in [6, 6.07) is 5.54. The first kappa shape index (κ1) is 23.2. The first-order valence-electron chi connectivity index (χ1n) is 12.3. The van der Waals surface area contributed by atoms with E-state index >= 15 is 0 Å². The second-order valence-corrected chi connectivity index (χ2v) is 9.28. The number of ether oxygens (including phenoxy) is 2. The van der Waals surface area contributed by atoms with Crippen LogP contribution in [0.3, 0.4) is 0 Å². The average Bonchev–Trinajstić information content (AvgIpc) is 3.49. The topological polar surface area (TPSA) is 106 Å². The largest absolute Gasteiger partial charge is 0.454 e. The minimum atomic E-state index is -0.184. The van der Waals surface area contributed by atoms with E-state index in [1.165, 1.54) is 0 Å². The highest BCUT2D eigenvalue weighted by Crippen LogP contribution is 2.32. The van der Waals surface area contributed by atoms with Gasteiger partial charge in [-0.15, -0.1) is 0 Å². The number of carbonyl (C=O) groups is 3. The molecule has 1 saturated heterocycles. The zero-order valence-corrected chi connectivity index (χ0v) is 20.0. The molecule has 1 aromatic carbocycles. The molecular formula is C25H31N5O5. The predicted molar refractivity (Wildman–Crippen MR) is 126 cm³/mol. The molecule has 0 saturated carbocycles. The van der Waals surface area contributed by atoms with Gasteiger partial charge in [0.25, 0.3) is 5.91 Å². The molecule has 0 bridgehead atoms. The fourth-order valence-corrected chi connectivity index (χ4v) is 4.94. The average molecular weight is 482 g/mol. The van der Waals surface area contributed by atoms with Crippen LogP contribution in [0.5, 0.6) is 11.5 Å². The summed E-state index contributed by atoms with van der Waals surface area (Å²) >= 11 is 0. The lowest BCUT2D eigenvalue weighted by Gasteiger charge is -2.29. The summed E-state index contributed by atoms with van der Waals surface area (Å²) in [5.74, 6) is 1.05. The number of likely N-dealkylation sites (tertiary alicyclic amines) is 1. The van der Waals surface area contributed by atoms with Crippen molar-refractivity contribution in [3.8, 4) is 11.5 Å². The van der Waals surface area contributed by atoms with Crippen molar-refractivity contribution in [1.82, 2.24) is 24.9 Å². The molecule has 0 unspecified atom stereocenters. The van der Waals surface area contributed by atoms with Crippen molar-refractivity contribution in [1.29, 1.82) is 0 Å². The van der Waals surface area contributed by atoms with Gasteiger partial charge < -0.3 is 24.6 Å². The molecule has 2 aromatic rings. The molecule has 1 fully saturated rings. The van der Waals surface area contributed by atoms with E-state index in [1.54, 1.807) is 9.58 Å². The summed E-state index contributed by atoms with van der Waals surface area (Å²) in [5, 5.41) is 7.37. The molecule has 3 amide bonds. The Balaban J connectivity index is 1.14. The second kappa shape index (κ2) is 9.97. The Labute approximate surface area is 204 Å². The second-order valence-electron chi connectivity index (χ2n) is 9.28. The number of hydrogen-bond donors (Lipinski definition) is 1. The molecule has 1 N–H and O–H groups in total. The van der Waals surface area contributed by atoms with E-state index in [-0.39, 0.29) is 37.4 Å². The highest BCUT2D eigenvalue weighted by atomic mass is 16.7. The van der Waals surface area contributed by atoms with Gasteiger partial charge in [-0.1, -0.05) is 6.07 Å². The highest BCUT2D eigenvalue weighted by Gasteiger charge is 2.31. The summed E-state index contributed by atoms with van der Waals surface area (Å²) in [6.45, 7) is 2.99. The number of nitrogens with one attached hydrogen (secondary N) is 1. The molecule has 10 heteroatoms. The summed E-state index contributed by atoms with van der Waals surface area (Å²) in [6.07, 6.45) is 4.06. The molecule has 186 valence electrons. The third kappa shape index (κ3) is 4.96. The van der Waals surface area contributed by atoms with Crippen molar-refractivity contribution in [3.05, 3.63) is 40.7 Å². The SMILES string of the molecule is Cn1nc(C(=O)N2CCCCC2)c2c1CCN(C(=O)CCC(=O)NCc1ccc3c(c1)OCO3)C2. The minimum Gasteiger partial charge on any atom is -0.454 e. The van der Waals surface area contributed by atoms with Crippen molar-refractivity contribution < 1.29 is 23.9 Å². The smallest absolute Gasteiger partial charge is 0.274 e. The Morgan fingerprint density at radius 3 is 2.63 bits per heavy atom. The quantitative estimate of drug-likeness (QED) is 0.674. The Hall–Kier alpha value is -3.56. The van der Waals surface area contributed by atoms with E-state index in [4.69, 9.17) is 9.47 Å². The lowest BCUT2D eigenvalue weighted by molar-refractivity contribution is -0.134. The zero-order valence-electron chi connectivity index (χ0n) is 20.0. The van der Waals surface area contributed by atoms with Crippen molar-refractivity contribution in [2.45, 2.75) is 51.6 Å². The molecule has 5 rings (SSSR count). The van der Waals surface area contributed by atoms with Gasteiger partial charge in [0.15, 0.2) is 17.2 Å². The Morgan fingerprint density at radius 2 is 1.80 bits per heavy atom. The van der Waals surface area contributed by atoms with E-state index in [9.17, 15) is 14.4 Å². The molecule has 0 atom stereocenters. The molecule has 35 heavy (non-hydrogen) atoms. The van der Waals surface area contributed by atoms with Crippen LogP contribution in [0.25, 0.3) is 0 Å². The molecule has 10 nitrogen and oxygen atoms in total. The number of carbonyl (C=O) groups excluding carboxylic acids is 3. The van der Waals surface area contributed by atoms with Crippen LogP contribution in [0.4, 0.5) is 0 Å². The number of aryl methyl sites for hydroxylation is 1. The fraction of sp³-hybridized carbons (Fsp3) is 0.520. The van der Waals surface area contributed by atoms with Crippen LogP contribution in [-0.2, 0) is 36.1 Å². The maximum absolute atomic E-state index is 13.1. The maximum atomic E-state index is 13.1. The predicted octanol–water partition coefficient (Wildman–Crippen LogP) is 1.76. The number of benzene rings is 1. The summed E-state index contributed by atoms with van der Waals surface area (Å²) in [5.41, 5.74) is 3.22. The number of amides is 3. The monoisotopic (exact) mass is 481 g/mol. The highest BCUT2D eigenvalue weighted by molar-refractivity contribution is 5.94. The van der Waals surface area contributed by atoms with Gasteiger partial charge in [-0.25, -0.2) is 0 Å². The van der Waals surface area contributed by atoms with E-state index in [0.717, 1.165) is 49.2 Å². The number of rotatable bonds is 6. The van der Waals surface area contributed by atoms with Crippen LogP contribution in [0, 0.1) is 0 Å². The van der Waals surface area contributed by atoms with E-state index in [2.05, 4.69) is 10.4 Å². The molecule has 4 heterocycles. The Bertz CT molecular complexity index is 1140. The fourth-order valence-electron chi connectivity index (χ4n) is 4.94. The van der Waals surface area contributed by atoms with Crippen molar-refractivity contribution >= 4 is 17.7 Å². The van der Waals surface area contributed by atoms with Crippen molar-refractivity contribution in [2.24, 2.45) is 7.05 Å². The van der Waals surface area contributed by atoms with E-state index < -0.39 is 0 Å². The number of piperidine rings is 1. The summed E-state index contributed by atoms with van der Waals surface area (Å²) in [7, 11) is 1.85. The zero-order chi connectivity index (χ0) is 24.4. The Kier molecular flexibility index (Phi) is 6.61. The normalized spacial score (nSPS) is 16.7. The minimum absolute atomic E-state index is 0.0428. The third-order valence-corrected chi connectivity index (χ3v) is 6.93. The van der Waals surface area contributed by atoms with Gasteiger partial charge >= 0.3 is 0 Å². The van der Waals surface area contributed by atoms with Crippen LogP contribution in [0.2, 0.25) is 0 Å². The summed E-state index contributed by atoms with van der Waals surface area (Å²) < 4.78 is 12.4. The van der Waals surface area contributed by atoms with Gasteiger partial charge in [-0.2, -0.15) is 5.10 Å². The van der Waals surface area contributed by atoms with Crippen LogP contribution in [0.15, 0.2) is 18.2 Å². The standard InChI is InChI=1S/C25H31N5O5/c1-28-19-9-12-30(15-18(19)24(27-28)25(33)29-10-3-2-4-11-29)23(32)8-7-22(31)26-14-17-5-6-20-21(13-17)35-16-34-20/h5-6,13H,2-4,7-12,14-16H2,1H3,(H,26,31). The molecule has 0 spiro atoms. The van der Waals surface area contributed by atoms with E-state index in [0.29, 0.717) is 43.2 Å². The molecule has 0 aliphatic carbocycles. The lowest BCUT2D eigenvalue weighted by Crippen LogP contribution is -2.39. The lowest BCUT2D eigenvalue weighted by atomic mass is 10.0. The van der Waals surface area contributed by atoms with Crippen molar-refractivity contribution in [2.75, 3.05) is 26.4 Å². The number of aromatic nitrogens is 2. The van der Waals surface area contributed by atoms with E-state index in [1.807, 2.05) is 30.1 Å². The first-order valence-corrected chi connectivity index (χ1v) is 12.3. The van der Waals surface area contributed by atoms with Crippen LogP contribution in [-0.4, -0.2) is 63.7 Å². The van der Waals surface area contributed by atoms with Crippen LogP contribution >= 0.6 is 0 Å². The van der Waals surface area contributed by atoms with Gasteiger partial charge in [-0.05, 0) is 37.0 Å². The van der Waals surface area contributed by atoms with Crippen molar-refractivity contribution in [3.63, 3.8) is 0 Å². The first-order chi connectivity index (χ1) is 17.0. The van der Waals surface area contributed by atoms with Gasteiger partial charge in [-0.3, -0.25) is 19.1 Å². The van der Waals surface area contributed by atoms with Gasteiger partial charge in [0, 0.05) is 70.3 Å². The summed E-state index contributed by atoms with van der Waals surface area (Å²) in [4.78, 5) is 42.0. The molecule has 3 aliphatic rings. The van der Waals surface area contributed by atoms with Gasteiger partial charge in [0.1, 0.15) is 0 Å². The molecular weight excluding hydrogens is 450 g/mol. The van der Waals surface area contributed by atoms with Crippen LogP contribution < -0.4 is 14.8 Å². The molecule has 1 aromatic heterocycles. The van der Waals surface area contributed by atoms with Gasteiger partial charge in [0.05, 0.1) is 0 Å². The maximum Gasteiger partial charge on any atom is 0.274 e. The molecule has 0 radical (unpaired) electrons.